The Hall–Kier alpha value is -1.72. The first-order chi connectivity index (χ1) is 13.3. The Morgan fingerprint density at radius 3 is 2.61 bits per heavy atom. The van der Waals surface area contributed by atoms with Gasteiger partial charge in [-0.15, -0.1) is 0 Å². The summed E-state index contributed by atoms with van der Waals surface area (Å²) >= 11 is 2.30. The Labute approximate surface area is 178 Å². The predicted molar refractivity (Wildman–Crippen MR) is 120 cm³/mol. The number of benzene rings is 1. The summed E-state index contributed by atoms with van der Waals surface area (Å²) in [6, 6.07) is 10.2. The Balaban J connectivity index is 1.60. The molecule has 0 spiro atoms. The molecule has 0 bridgehead atoms. The van der Waals surface area contributed by atoms with Crippen LogP contribution >= 0.6 is 22.6 Å². The highest BCUT2D eigenvalue weighted by atomic mass is 127. The van der Waals surface area contributed by atoms with Crippen LogP contribution < -0.4 is 9.62 Å². The number of imidazole rings is 1. The molecule has 3 aromatic rings. The van der Waals surface area contributed by atoms with Crippen LogP contribution in [-0.2, 0) is 17.1 Å². The number of halogens is 1. The van der Waals surface area contributed by atoms with Crippen LogP contribution in [-0.4, -0.2) is 48.3 Å². The van der Waals surface area contributed by atoms with Gasteiger partial charge in [-0.25, -0.2) is 23.1 Å². The van der Waals surface area contributed by atoms with Crippen molar-refractivity contribution >= 4 is 49.5 Å². The molecule has 3 heterocycles. The van der Waals surface area contributed by atoms with Crippen LogP contribution in [0, 0.1) is 3.57 Å². The summed E-state index contributed by atoms with van der Waals surface area (Å²) in [6.07, 6.45) is 4.62. The van der Waals surface area contributed by atoms with E-state index in [9.17, 15) is 8.42 Å². The second-order valence-electron chi connectivity index (χ2n) is 7.16. The summed E-state index contributed by atoms with van der Waals surface area (Å²) in [4.78, 5) is 11.6. The van der Waals surface area contributed by atoms with E-state index in [1.165, 1.54) is 6.26 Å². The van der Waals surface area contributed by atoms with E-state index in [2.05, 4.69) is 53.9 Å². The van der Waals surface area contributed by atoms with Gasteiger partial charge in [-0.05, 0) is 53.6 Å². The zero-order valence-electron chi connectivity index (χ0n) is 15.8. The number of sulfonamides is 1. The van der Waals surface area contributed by atoms with E-state index in [0.717, 1.165) is 57.7 Å². The fraction of sp³-hybridized carbons (Fsp3) is 0.368. The van der Waals surface area contributed by atoms with Crippen molar-refractivity contribution in [3.8, 4) is 11.4 Å². The largest absolute Gasteiger partial charge is 0.356 e. The molecular weight excluding hydrogens is 489 g/mol. The number of hydrogen-bond donors (Lipinski definition) is 1. The second kappa shape index (κ2) is 7.60. The molecule has 1 aromatic carbocycles. The lowest BCUT2D eigenvalue weighted by Gasteiger charge is -2.33. The minimum Gasteiger partial charge on any atom is -0.356 e. The van der Waals surface area contributed by atoms with Gasteiger partial charge in [-0.3, -0.25) is 0 Å². The summed E-state index contributed by atoms with van der Waals surface area (Å²) in [7, 11) is -1.14. The maximum atomic E-state index is 11.4. The Kier molecular flexibility index (Phi) is 5.32. The quantitative estimate of drug-likeness (QED) is 0.546. The number of nitrogens with zero attached hydrogens (tertiary/aromatic N) is 4. The normalized spacial score (nSPS) is 16.0. The first kappa shape index (κ1) is 19.6. The van der Waals surface area contributed by atoms with Gasteiger partial charge >= 0.3 is 0 Å². The van der Waals surface area contributed by atoms with E-state index in [4.69, 9.17) is 4.98 Å². The van der Waals surface area contributed by atoms with Crippen LogP contribution in [0.15, 0.2) is 36.5 Å². The van der Waals surface area contributed by atoms with Crippen LogP contribution in [0.2, 0.25) is 0 Å². The summed E-state index contributed by atoms with van der Waals surface area (Å²) in [5.41, 5.74) is 3.13. The highest BCUT2D eigenvalue weighted by Crippen LogP contribution is 2.30. The fourth-order valence-electron chi connectivity index (χ4n) is 3.69. The molecule has 148 valence electrons. The number of aromatic nitrogens is 3. The van der Waals surface area contributed by atoms with E-state index in [0.29, 0.717) is 0 Å². The van der Waals surface area contributed by atoms with Crippen molar-refractivity contribution in [3.63, 3.8) is 0 Å². The van der Waals surface area contributed by atoms with Gasteiger partial charge in [-0.2, -0.15) is 0 Å². The van der Waals surface area contributed by atoms with Crippen molar-refractivity contribution in [1.82, 2.24) is 19.3 Å². The van der Waals surface area contributed by atoms with E-state index in [1.807, 2.05) is 31.4 Å². The van der Waals surface area contributed by atoms with Crippen LogP contribution in [0.5, 0.6) is 0 Å². The highest BCUT2D eigenvalue weighted by molar-refractivity contribution is 14.1. The Morgan fingerprint density at radius 2 is 1.93 bits per heavy atom. The predicted octanol–water partition coefficient (Wildman–Crippen LogP) is 2.76. The SMILES string of the molecule is Cn1c(-c2cc(N3CCC(NS(C)(=O)=O)CC3)ncc2I)nc2ccccc21. The first-order valence-electron chi connectivity index (χ1n) is 9.11. The number of nitrogens with one attached hydrogen (secondary N) is 1. The van der Waals surface area contributed by atoms with Crippen LogP contribution in [0.4, 0.5) is 5.82 Å². The van der Waals surface area contributed by atoms with Gasteiger partial charge in [0.25, 0.3) is 0 Å². The zero-order chi connectivity index (χ0) is 19.9. The molecule has 1 fully saturated rings. The topological polar surface area (TPSA) is 80.1 Å². The lowest BCUT2D eigenvalue weighted by atomic mass is 10.1. The molecule has 0 radical (unpaired) electrons. The standard InChI is InChI=1S/C19H22IN5O2S/c1-24-17-6-4-3-5-16(17)22-19(24)14-11-18(21-12-15(14)20)25-9-7-13(8-10-25)23-28(2,26)27/h3-6,11-13,23H,7-10H2,1-2H3. The van der Waals surface area contributed by atoms with Crippen molar-refractivity contribution in [2.75, 3.05) is 24.2 Å². The third-order valence-corrected chi connectivity index (χ3v) is 6.69. The lowest BCUT2D eigenvalue weighted by molar-refractivity contribution is 0.460. The van der Waals surface area contributed by atoms with Crippen molar-refractivity contribution in [2.24, 2.45) is 7.05 Å². The number of fused-ring (bicyclic) bond motifs is 1. The number of aryl methyl sites for hydroxylation is 1. The van der Waals surface area contributed by atoms with Crippen molar-refractivity contribution < 1.29 is 8.42 Å². The maximum absolute atomic E-state index is 11.4. The van der Waals surface area contributed by atoms with Gasteiger partial charge in [0.15, 0.2) is 0 Å². The molecule has 0 unspecified atom stereocenters. The lowest BCUT2D eigenvalue weighted by Crippen LogP contribution is -2.44. The minimum absolute atomic E-state index is 0.00518. The molecule has 0 aliphatic carbocycles. The van der Waals surface area contributed by atoms with Gasteiger partial charge in [0.1, 0.15) is 11.6 Å². The molecule has 0 amide bonds. The van der Waals surface area contributed by atoms with E-state index in [-0.39, 0.29) is 6.04 Å². The molecule has 1 aliphatic heterocycles. The Morgan fingerprint density at radius 1 is 1.21 bits per heavy atom. The molecule has 2 aromatic heterocycles. The van der Waals surface area contributed by atoms with Crippen LogP contribution in [0.25, 0.3) is 22.4 Å². The van der Waals surface area contributed by atoms with Gasteiger partial charge in [0.2, 0.25) is 10.0 Å². The number of piperidine rings is 1. The van der Waals surface area contributed by atoms with E-state index in [1.54, 1.807) is 0 Å². The molecule has 1 saturated heterocycles. The van der Waals surface area contributed by atoms with Crippen molar-refractivity contribution in [2.45, 2.75) is 18.9 Å². The van der Waals surface area contributed by atoms with Crippen molar-refractivity contribution in [1.29, 1.82) is 0 Å². The summed E-state index contributed by atoms with van der Waals surface area (Å²) in [5.74, 6) is 1.82. The number of pyridine rings is 1. The number of rotatable bonds is 4. The van der Waals surface area contributed by atoms with Gasteiger partial charge in [0.05, 0.1) is 17.3 Å². The average molecular weight is 511 g/mol. The molecule has 1 N–H and O–H groups in total. The monoisotopic (exact) mass is 511 g/mol. The van der Waals surface area contributed by atoms with Gasteiger partial charge in [0, 0.05) is 41.5 Å². The molecule has 9 heteroatoms. The summed E-state index contributed by atoms with van der Waals surface area (Å²) < 4.78 is 28.8. The van der Waals surface area contributed by atoms with Gasteiger partial charge < -0.3 is 9.47 Å². The van der Waals surface area contributed by atoms with Crippen LogP contribution in [0.3, 0.4) is 0 Å². The Bertz CT molecular complexity index is 1120. The molecule has 7 nitrogen and oxygen atoms in total. The van der Waals surface area contributed by atoms with E-state index < -0.39 is 10.0 Å². The second-order valence-corrected chi connectivity index (χ2v) is 10.1. The molecule has 0 saturated carbocycles. The maximum Gasteiger partial charge on any atom is 0.208 e. The molecule has 0 atom stereocenters. The smallest absolute Gasteiger partial charge is 0.208 e. The third kappa shape index (κ3) is 4.01. The number of hydrogen-bond acceptors (Lipinski definition) is 5. The van der Waals surface area contributed by atoms with E-state index >= 15 is 0 Å². The fourth-order valence-corrected chi connectivity index (χ4v) is 5.06. The number of para-hydroxylation sites is 2. The van der Waals surface area contributed by atoms with Crippen LogP contribution in [0.1, 0.15) is 12.8 Å². The highest BCUT2D eigenvalue weighted by Gasteiger charge is 2.23. The first-order valence-corrected chi connectivity index (χ1v) is 12.1. The minimum atomic E-state index is -3.17. The number of anilines is 1. The van der Waals surface area contributed by atoms with Crippen molar-refractivity contribution in [3.05, 3.63) is 40.1 Å². The third-order valence-electron chi connectivity index (χ3n) is 5.07. The molecule has 4 rings (SSSR count). The summed E-state index contributed by atoms with van der Waals surface area (Å²) in [6.45, 7) is 1.53. The molecule has 28 heavy (non-hydrogen) atoms. The average Bonchev–Trinajstić information content (AvgIpc) is 2.99. The zero-order valence-corrected chi connectivity index (χ0v) is 18.7. The molecular formula is C19H22IN5O2S. The summed E-state index contributed by atoms with van der Waals surface area (Å²) in [5, 5.41) is 0. The van der Waals surface area contributed by atoms with Gasteiger partial charge in [-0.1, -0.05) is 12.1 Å². The molecule has 1 aliphatic rings.